The Kier molecular flexibility index (Phi) is 8.95. The lowest BCUT2D eigenvalue weighted by Gasteiger charge is -2.63. The van der Waals surface area contributed by atoms with Gasteiger partial charge in [-0.3, -0.25) is 10.5 Å². The van der Waals surface area contributed by atoms with Crippen LogP contribution in [0.5, 0.6) is 0 Å². The Balaban J connectivity index is 1.12. The zero-order chi connectivity index (χ0) is 34.5. The van der Waals surface area contributed by atoms with Gasteiger partial charge in [-0.25, -0.2) is 0 Å². The molecule has 2 saturated heterocycles. The number of ether oxygens (including phenoxy) is 1. The molecular weight excluding hydrogens is 604 g/mol. The number of hydrogen-bond donors (Lipinski definition) is 6. The molecule has 0 spiro atoms. The van der Waals surface area contributed by atoms with E-state index < -0.39 is 45.9 Å². The maximum atomic E-state index is 14.1. The SMILES string of the molecule is CC(C)(CCC1CC[NH2+]C(N)C1)[C@@](C)(O)[C@H]1O[C@H]1[C@](C)(O)[C@H]1CC[C@@]2(O)C3=CC(=O)[C@H]4C[C@@H](O)CC[C@]4(C4CCCCC4)[C@@H]3CC[C@]12C. The van der Waals surface area contributed by atoms with Crippen molar-refractivity contribution in [2.24, 2.45) is 51.6 Å². The first-order chi connectivity index (χ1) is 22.5. The molecule has 0 amide bonds. The van der Waals surface area contributed by atoms with Crippen molar-refractivity contribution in [2.45, 2.75) is 179 Å². The fourth-order valence-corrected chi connectivity index (χ4v) is 13.2. The van der Waals surface area contributed by atoms with Gasteiger partial charge in [0.1, 0.15) is 18.4 Å². The number of ketones is 1. The fraction of sp³-hybridized carbons (Fsp3) is 0.925. The normalized spacial score (nSPS) is 47.6. The van der Waals surface area contributed by atoms with Gasteiger partial charge >= 0.3 is 0 Å². The van der Waals surface area contributed by atoms with Gasteiger partial charge in [0.25, 0.3) is 0 Å². The van der Waals surface area contributed by atoms with Crippen LogP contribution in [0.2, 0.25) is 0 Å². The van der Waals surface area contributed by atoms with E-state index >= 15 is 0 Å². The van der Waals surface area contributed by atoms with E-state index in [1.165, 1.54) is 19.3 Å². The van der Waals surface area contributed by atoms with Gasteiger partial charge < -0.3 is 30.5 Å². The van der Waals surface area contributed by atoms with E-state index in [4.69, 9.17) is 10.5 Å². The molecule has 5 aliphatic carbocycles. The molecule has 0 aromatic carbocycles. The first kappa shape index (κ1) is 35.5. The summed E-state index contributed by atoms with van der Waals surface area (Å²) < 4.78 is 6.31. The molecule has 13 atom stereocenters. The molecule has 8 nitrogen and oxygen atoms in total. The van der Waals surface area contributed by atoms with Crippen molar-refractivity contribution in [1.82, 2.24) is 0 Å². The summed E-state index contributed by atoms with van der Waals surface area (Å²) in [6, 6.07) is 0. The molecule has 0 radical (unpaired) electrons. The highest BCUT2D eigenvalue weighted by Crippen LogP contribution is 2.71. The van der Waals surface area contributed by atoms with Gasteiger partial charge in [-0.05, 0) is 137 Å². The number of epoxide rings is 1. The Morgan fingerprint density at radius 3 is 2.38 bits per heavy atom. The van der Waals surface area contributed by atoms with Crippen LogP contribution in [-0.4, -0.2) is 74.0 Å². The lowest BCUT2D eigenvalue weighted by Crippen LogP contribution is -2.94. The average molecular weight is 672 g/mol. The maximum Gasteiger partial charge on any atom is 0.159 e. The number of piperidine rings is 1. The van der Waals surface area contributed by atoms with Crippen LogP contribution in [0, 0.1) is 45.8 Å². The van der Waals surface area contributed by atoms with E-state index in [1.54, 1.807) is 0 Å². The minimum Gasteiger partial charge on any atom is -0.393 e. The van der Waals surface area contributed by atoms with Crippen molar-refractivity contribution < 1.29 is 35.3 Å². The zero-order valence-corrected chi connectivity index (χ0v) is 30.6. The summed E-state index contributed by atoms with van der Waals surface area (Å²) >= 11 is 0. The van der Waals surface area contributed by atoms with Crippen molar-refractivity contribution in [2.75, 3.05) is 6.54 Å². The van der Waals surface area contributed by atoms with E-state index in [9.17, 15) is 25.2 Å². The smallest absolute Gasteiger partial charge is 0.159 e. The number of allylic oxidation sites excluding steroid dienone is 1. The van der Waals surface area contributed by atoms with Crippen LogP contribution in [0.4, 0.5) is 0 Å². The number of quaternary nitrogens is 1. The summed E-state index contributed by atoms with van der Waals surface area (Å²) in [5, 5.41) is 50.5. The minimum absolute atomic E-state index is 0.107. The van der Waals surface area contributed by atoms with Crippen LogP contribution < -0.4 is 11.1 Å². The van der Waals surface area contributed by atoms with E-state index in [-0.39, 0.29) is 35.1 Å². The van der Waals surface area contributed by atoms with Crippen LogP contribution in [0.15, 0.2) is 11.6 Å². The summed E-state index contributed by atoms with van der Waals surface area (Å²) in [7, 11) is 0. The average Bonchev–Trinajstić information content (AvgIpc) is 3.81. The molecule has 8 N–H and O–H groups in total. The second kappa shape index (κ2) is 12.1. The number of aliphatic hydroxyl groups is 4. The van der Waals surface area contributed by atoms with E-state index in [2.05, 4.69) is 26.1 Å². The van der Waals surface area contributed by atoms with Crippen LogP contribution in [-0.2, 0) is 9.53 Å². The van der Waals surface area contributed by atoms with Crippen molar-refractivity contribution in [3.63, 3.8) is 0 Å². The highest BCUT2D eigenvalue weighted by molar-refractivity contribution is 5.95. The molecule has 2 unspecified atom stereocenters. The second-order valence-electron chi connectivity index (χ2n) is 19.2. The molecule has 0 aromatic rings. The Morgan fingerprint density at radius 2 is 1.67 bits per heavy atom. The first-order valence-electron chi connectivity index (χ1n) is 19.8. The second-order valence-corrected chi connectivity index (χ2v) is 19.2. The van der Waals surface area contributed by atoms with Crippen molar-refractivity contribution in [3.8, 4) is 0 Å². The van der Waals surface area contributed by atoms with Crippen LogP contribution >= 0.6 is 0 Å². The van der Waals surface area contributed by atoms with Crippen molar-refractivity contribution in [3.05, 3.63) is 11.6 Å². The number of hydrogen-bond acceptors (Lipinski definition) is 7. The summed E-state index contributed by atoms with van der Waals surface area (Å²) in [6.45, 7) is 11.2. The van der Waals surface area contributed by atoms with Gasteiger partial charge in [-0.1, -0.05) is 40.0 Å². The van der Waals surface area contributed by atoms with Gasteiger partial charge in [0.2, 0.25) is 0 Å². The number of aliphatic hydroxyl groups excluding tert-OH is 1. The molecule has 0 bridgehead atoms. The predicted octanol–water partition coefficient (Wildman–Crippen LogP) is 4.11. The Morgan fingerprint density at radius 1 is 0.938 bits per heavy atom. The predicted molar refractivity (Wildman–Crippen MR) is 184 cm³/mol. The Hall–Kier alpha value is -0.870. The third-order valence-electron chi connectivity index (χ3n) is 16.6. The topological polar surface area (TPSA) is 153 Å². The summed E-state index contributed by atoms with van der Waals surface area (Å²) in [5.41, 5.74) is 2.36. The summed E-state index contributed by atoms with van der Waals surface area (Å²) in [5.74, 6) is 0.867. The van der Waals surface area contributed by atoms with Gasteiger partial charge in [-0.15, -0.1) is 0 Å². The lowest BCUT2D eigenvalue weighted by atomic mass is 9.42. The van der Waals surface area contributed by atoms with Crippen molar-refractivity contribution >= 4 is 5.78 Å². The number of carbonyl (C=O) groups excluding carboxylic acids is 1. The standard InChI is InChI=1S/C40H66N2O6/c1-35(2,16-11-24-15-20-42-32(41)21-24)38(5,46)34-33(48-34)37(4,45)31-14-19-40(47)28-23-30(44)29-22-26(43)12-18-39(29,25-9-7-6-8-10-25)27(28)13-17-36(31,40)3/h23-27,29,31-34,42-43,45-47H,6-22,41H2,1-5H3/p+1/t24?,26-,27+,29+,31-,32?,33+,34-,36+,37+,38-,39-,40+/m0/s1. The third-order valence-corrected chi connectivity index (χ3v) is 16.6. The zero-order valence-electron chi connectivity index (χ0n) is 30.6. The van der Waals surface area contributed by atoms with E-state index in [0.29, 0.717) is 31.1 Å². The Bertz CT molecular complexity index is 1270. The monoisotopic (exact) mass is 671 g/mol. The van der Waals surface area contributed by atoms with E-state index in [1.807, 2.05) is 19.9 Å². The van der Waals surface area contributed by atoms with Gasteiger partial charge in [0.15, 0.2) is 5.78 Å². The van der Waals surface area contributed by atoms with Gasteiger partial charge in [-0.2, -0.15) is 0 Å². The quantitative estimate of drug-likeness (QED) is 0.212. The van der Waals surface area contributed by atoms with Crippen LogP contribution in [0.3, 0.4) is 0 Å². The molecule has 0 aromatic heterocycles. The van der Waals surface area contributed by atoms with E-state index in [0.717, 1.165) is 76.3 Å². The summed E-state index contributed by atoms with van der Waals surface area (Å²) in [6.07, 6.45) is 15.5. The molecule has 272 valence electrons. The third kappa shape index (κ3) is 5.27. The molecule has 7 aliphatic rings. The van der Waals surface area contributed by atoms with Crippen molar-refractivity contribution in [1.29, 1.82) is 0 Å². The number of rotatable bonds is 8. The van der Waals surface area contributed by atoms with Gasteiger partial charge in [0.05, 0.1) is 29.5 Å². The van der Waals surface area contributed by atoms with Crippen LogP contribution in [0.1, 0.15) is 137 Å². The first-order valence-corrected chi connectivity index (χ1v) is 19.8. The molecule has 2 heterocycles. The molecule has 4 saturated carbocycles. The van der Waals surface area contributed by atoms with Crippen LogP contribution in [0.25, 0.3) is 0 Å². The molecule has 7 rings (SSSR count). The number of carbonyl (C=O) groups is 1. The number of nitrogens with two attached hydrogens (primary N) is 2. The maximum absolute atomic E-state index is 14.1. The Labute approximate surface area is 289 Å². The molecule has 6 fully saturated rings. The van der Waals surface area contributed by atoms with Gasteiger partial charge in [0, 0.05) is 17.8 Å². The fourth-order valence-electron chi connectivity index (χ4n) is 13.2. The molecular formula is C40H67N2O6+. The highest BCUT2D eigenvalue weighted by atomic mass is 16.6. The summed E-state index contributed by atoms with van der Waals surface area (Å²) in [4.78, 5) is 14.1. The molecule has 48 heavy (non-hydrogen) atoms. The highest BCUT2D eigenvalue weighted by Gasteiger charge is 2.73. The molecule has 8 heteroatoms. The lowest BCUT2D eigenvalue weighted by molar-refractivity contribution is -0.699. The minimum atomic E-state index is -1.25. The number of fused-ring (bicyclic) bond motifs is 5. The largest absolute Gasteiger partial charge is 0.393 e. The molecule has 2 aliphatic heterocycles.